The molecule has 1 aliphatic heterocycles. The first kappa shape index (κ1) is 14.5. The molecule has 1 saturated heterocycles. The molecule has 1 aromatic heterocycles. The van der Waals surface area contributed by atoms with Crippen molar-refractivity contribution in [2.75, 3.05) is 13.2 Å². The Labute approximate surface area is 123 Å². The average Bonchev–Trinajstić information content (AvgIpc) is 2.90. The van der Waals surface area contributed by atoms with Crippen molar-refractivity contribution in [3.63, 3.8) is 0 Å². The van der Waals surface area contributed by atoms with Gasteiger partial charge in [-0.25, -0.2) is 13.1 Å². The van der Waals surface area contributed by atoms with E-state index in [0.29, 0.717) is 37.1 Å². The van der Waals surface area contributed by atoms with E-state index in [1.54, 1.807) is 6.07 Å². The molecule has 0 amide bonds. The molecule has 5 nitrogen and oxygen atoms in total. The fourth-order valence-electron chi connectivity index (χ4n) is 2.35. The van der Waals surface area contributed by atoms with Crippen LogP contribution in [0.25, 0.3) is 0 Å². The number of hydrogen-bond donors (Lipinski definition) is 2. The Balaban J connectivity index is 1.74. The predicted octanol–water partition coefficient (Wildman–Crippen LogP) is 1.46. The van der Waals surface area contributed by atoms with E-state index in [9.17, 15) is 8.42 Å². The smallest absolute Gasteiger partial charge is 0.242 e. The van der Waals surface area contributed by atoms with E-state index in [2.05, 4.69) is 10.0 Å². The van der Waals surface area contributed by atoms with Gasteiger partial charge in [0.15, 0.2) is 0 Å². The van der Waals surface area contributed by atoms with Gasteiger partial charge in [-0.3, -0.25) is 0 Å². The average molecular weight is 316 g/mol. The minimum Gasteiger partial charge on any atom is -0.379 e. The van der Waals surface area contributed by atoms with Crippen molar-refractivity contribution in [3.05, 3.63) is 16.3 Å². The first-order chi connectivity index (χ1) is 9.49. The molecule has 1 atom stereocenters. The zero-order valence-electron chi connectivity index (χ0n) is 11.5. The van der Waals surface area contributed by atoms with E-state index in [1.165, 1.54) is 24.2 Å². The molecule has 1 unspecified atom stereocenters. The van der Waals surface area contributed by atoms with Crippen LogP contribution in [0.3, 0.4) is 0 Å². The van der Waals surface area contributed by atoms with Gasteiger partial charge in [0.05, 0.1) is 17.0 Å². The lowest BCUT2D eigenvalue weighted by atomic mass is 10.0. The summed E-state index contributed by atoms with van der Waals surface area (Å²) in [6.07, 6.45) is 3.11. The summed E-state index contributed by atoms with van der Waals surface area (Å²) in [4.78, 5) is 1.29. The second-order valence-electron chi connectivity index (χ2n) is 5.83. The largest absolute Gasteiger partial charge is 0.379 e. The maximum atomic E-state index is 12.5. The Bertz CT molecular complexity index is 572. The van der Waals surface area contributed by atoms with Gasteiger partial charge in [0.25, 0.3) is 0 Å². The van der Waals surface area contributed by atoms with Gasteiger partial charge >= 0.3 is 0 Å². The van der Waals surface area contributed by atoms with Crippen LogP contribution >= 0.6 is 11.3 Å². The molecule has 2 heterocycles. The van der Waals surface area contributed by atoms with Gasteiger partial charge in [-0.2, -0.15) is 0 Å². The van der Waals surface area contributed by atoms with E-state index < -0.39 is 15.6 Å². The Hall–Kier alpha value is -0.470. The van der Waals surface area contributed by atoms with Crippen LogP contribution in [-0.4, -0.2) is 33.2 Å². The summed E-state index contributed by atoms with van der Waals surface area (Å²) >= 11 is 1.49. The van der Waals surface area contributed by atoms with E-state index in [4.69, 9.17) is 4.74 Å². The van der Waals surface area contributed by atoms with Crippen LogP contribution in [0, 0.1) is 0 Å². The molecule has 0 spiro atoms. The first-order valence-electron chi connectivity index (χ1n) is 6.90. The van der Waals surface area contributed by atoms with Crippen molar-refractivity contribution in [2.24, 2.45) is 0 Å². The molecule has 1 aliphatic carbocycles. The summed E-state index contributed by atoms with van der Waals surface area (Å²) in [5.41, 5.74) is -0.484. The number of rotatable bonds is 6. The lowest BCUT2D eigenvalue weighted by Gasteiger charge is -2.23. The van der Waals surface area contributed by atoms with Crippen molar-refractivity contribution >= 4 is 21.4 Å². The number of hydrogen-bond acceptors (Lipinski definition) is 5. The molecular weight excluding hydrogens is 296 g/mol. The lowest BCUT2D eigenvalue weighted by Crippen LogP contribution is -2.46. The molecule has 2 N–H and O–H groups in total. The van der Waals surface area contributed by atoms with Crippen LogP contribution in [0.5, 0.6) is 0 Å². The monoisotopic (exact) mass is 316 g/mol. The molecule has 0 bridgehead atoms. The second kappa shape index (κ2) is 5.38. The van der Waals surface area contributed by atoms with Gasteiger partial charge in [0.1, 0.15) is 0 Å². The highest BCUT2D eigenvalue weighted by Gasteiger charge is 2.35. The van der Waals surface area contributed by atoms with E-state index >= 15 is 0 Å². The van der Waals surface area contributed by atoms with Crippen LogP contribution in [-0.2, 0) is 21.3 Å². The third-order valence-electron chi connectivity index (χ3n) is 3.72. The summed E-state index contributed by atoms with van der Waals surface area (Å²) in [5, 5.41) is 5.21. The van der Waals surface area contributed by atoms with Crippen molar-refractivity contribution in [1.82, 2.24) is 10.0 Å². The lowest BCUT2D eigenvalue weighted by molar-refractivity contribution is 0.178. The van der Waals surface area contributed by atoms with E-state index in [0.717, 1.165) is 4.88 Å². The molecule has 7 heteroatoms. The predicted molar refractivity (Wildman–Crippen MR) is 78.3 cm³/mol. The highest BCUT2D eigenvalue weighted by molar-refractivity contribution is 7.89. The van der Waals surface area contributed by atoms with Gasteiger partial charge in [-0.05, 0) is 37.6 Å². The quantitative estimate of drug-likeness (QED) is 0.834. The molecule has 2 fully saturated rings. The SMILES string of the molecule is CC1(NS(=O)(=O)c2ccsc2CNC2CC2)CCOC1. The topological polar surface area (TPSA) is 67.4 Å². The van der Waals surface area contributed by atoms with Crippen LogP contribution in [0.1, 0.15) is 31.1 Å². The minimum absolute atomic E-state index is 0.406. The zero-order valence-corrected chi connectivity index (χ0v) is 13.1. The highest BCUT2D eigenvalue weighted by atomic mass is 32.2. The molecule has 20 heavy (non-hydrogen) atoms. The first-order valence-corrected chi connectivity index (χ1v) is 9.26. The number of thiophene rings is 1. The van der Waals surface area contributed by atoms with E-state index in [1.807, 2.05) is 12.3 Å². The maximum Gasteiger partial charge on any atom is 0.242 e. The van der Waals surface area contributed by atoms with Gasteiger partial charge < -0.3 is 10.1 Å². The number of sulfonamides is 1. The van der Waals surface area contributed by atoms with Gasteiger partial charge in [-0.15, -0.1) is 11.3 Å². The second-order valence-corrected chi connectivity index (χ2v) is 8.48. The Morgan fingerprint density at radius 1 is 1.50 bits per heavy atom. The van der Waals surface area contributed by atoms with Crippen LogP contribution < -0.4 is 10.0 Å². The summed E-state index contributed by atoms with van der Waals surface area (Å²) in [6, 6.07) is 2.26. The van der Waals surface area contributed by atoms with Gasteiger partial charge in [-0.1, -0.05) is 0 Å². The molecule has 0 aromatic carbocycles. The number of ether oxygens (including phenoxy) is 1. The molecule has 1 aromatic rings. The minimum atomic E-state index is -3.48. The molecule has 1 saturated carbocycles. The highest BCUT2D eigenvalue weighted by Crippen LogP contribution is 2.27. The third kappa shape index (κ3) is 3.23. The molecular formula is C13H20N2O3S2. The Morgan fingerprint density at radius 3 is 2.95 bits per heavy atom. The standard InChI is InChI=1S/C13H20N2O3S2/c1-13(5-6-18-9-13)15-20(16,17)12-4-7-19-11(12)8-14-10-2-3-10/h4,7,10,14-15H,2-3,5-6,8-9H2,1H3. The summed E-state index contributed by atoms with van der Waals surface area (Å²) in [7, 11) is -3.48. The van der Waals surface area contributed by atoms with Gasteiger partial charge in [0, 0.05) is 24.1 Å². The van der Waals surface area contributed by atoms with Crippen LogP contribution in [0.4, 0.5) is 0 Å². The third-order valence-corrected chi connectivity index (χ3v) is 6.50. The maximum absolute atomic E-state index is 12.5. The number of nitrogens with one attached hydrogen (secondary N) is 2. The molecule has 0 radical (unpaired) electrons. The normalized spacial score (nSPS) is 27.1. The summed E-state index contributed by atoms with van der Waals surface area (Å²) in [5.74, 6) is 0. The molecule has 3 rings (SSSR count). The Kier molecular flexibility index (Phi) is 3.89. The van der Waals surface area contributed by atoms with Gasteiger partial charge in [0.2, 0.25) is 10.0 Å². The Morgan fingerprint density at radius 2 is 2.30 bits per heavy atom. The fraction of sp³-hybridized carbons (Fsp3) is 0.692. The van der Waals surface area contributed by atoms with Crippen molar-refractivity contribution in [1.29, 1.82) is 0 Å². The molecule has 112 valence electrons. The van der Waals surface area contributed by atoms with Crippen LogP contribution in [0.15, 0.2) is 16.3 Å². The zero-order chi connectivity index (χ0) is 14.2. The van der Waals surface area contributed by atoms with E-state index in [-0.39, 0.29) is 0 Å². The van der Waals surface area contributed by atoms with Crippen molar-refractivity contribution < 1.29 is 13.2 Å². The van der Waals surface area contributed by atoms with Crippen molar-refractivity contribution in [2.45, 2.75) is 49.2 Å². The van der Waals surface area contributed by atoms with Crippen molar-refractivity contribution in [3.8, 4) is 0 Å². The fourth-order valence-corrected chi connectivity index (χ4v) is 5.17. The summed E-state index contributed by atoms with van der Waals surface area (Å²) in [6.45, 7) is 3.57. The molecule has 2 aliphatic rings. The van der Waals surface area contributed by atoms with Crippen LogP contribution in [0.2, 0.25) is 0 Å². The summed E-state index contributed by atoms with van der Waals surface area (Å²) < 4.78 is 33.2.